The average Bonchev–Trinajstić information content (AvgIpc) is 2.41. The van der Waals surface area contributed by atoms with Crippen LogP contribution in [0.1, 0.15) is 24.8 Å². The van der Waals surface area contributed by atoms with E-state index in [4.69, 9.17) is 0 Å². The third-order valence-corrected chi connectivity index (χ3v) is 3.23. The van der Waals surface area contributed by atoms with Gasteiger partial charge in [0, 0.05) is 18.7 Å². The molecule has 21 heavy (non-hydrogen) atoms. The van der Waals surface area contributed by atoms with Crippen molar-refractivity contribution in [1.82, 2.24) is 4.90 Å². The van der Waals surface area contributed by atoms with Crippen LogP contribution in [0.15, 0.2) is 24.3 Å². The Kier molecular flexibility index (Phi) is 4.50. The normalized spacial score (nSPS) is 16.0. The molecule has 2 amide bonds. The van der Waals surface area contributed by atoms with E-state index in [1.165, 1.54) is 17.0 Å². The molecule has 1 aliphatic rings. The topological polar surface area (TPSA) is 49.4 Å². The summed E-state index contributed by atoms with van der Waals surface area (Å²) in [6.45, 7) is 0.379. The van der Waals surface area contributed by atoms with Gasteiger partial charge in [0.05, 0.1) is 12.1 Å². The SMILES string of the molecule is O=C(CN1CCCCC1=O)Nc1cccc(C(F)(F)F)c1. The lowest BCUT2D eigenvalue weighted by Gasteiger charge is -2.26. The van der Waals surface area contributed by atoms with E-state index in [2.05, 4.69) is 5.32 Å². The maximum Gasteiger partial charge on any atom is 0.416 e. The van der Waals surface area contributed by atoms with Crippen molar-refractivity contribution in [3.63, 3.8) is 0 Å². The molecule has 0 atom stereocenters. The Bertz CT molecular complexity index is 543. The summed E-state index contributed by atoms with van der Waals surface area (Å²) >= 11 is 0. The first kappa shape index (κ1) is 15.3. The second-order valence-corrected chi connectivity index (χ2v) is 4.90. The molecule has 4 nitrogen and oxygen atoms in total. The van der Waals surface area contributed by atoms with E-state index in [0.29, 0.717) is 13.0 Å². The molecule has 1 N–H and O–H groups in total. The lowest BCUT2D eigenvalue weighted by Crippen LogP contribution is -2.40. The Morgan fingerprint density at radius 3 is 2.71 bits per heavy atom. The maximum atomic E-state index is 12.6. The highest BCUT2D eigenvalue weighted by atomic mass is 19.4. The minimum absolute atomic E-state index is 0.0688. The minimum Gasteiger partial charge on any atom is -0.333 e. The van der Waals surface area contributed by atoms with Crippen LogP contribution in [-0.2, 0) is 15.8 Å². The number of piperidine rings is 1. The first-order valence-corrected chi connectivity index (χ1v) is 6.61. The van der Waals surface area contributed by atoms with E-state index in [0.717, 1.165) is 25.0 Å². The molecule has 1 heterocycles. The zero-order valence-corrected chi connectivity index (χ0v) is 11.2. The Hall–Kier alpha value is -2.05. The number of rotatable bonds is 3. The third kappa shape index (κ3) is 4.21. The summed E-state index contributed by atoms with van der Waals surface area (Å²) in [6, 6.07) is 4.41. The Morgan fingerprint density at radius 1 is 1.29 bits per heavy atom. The van der Waals surface area contributed by atoms with Crippen LogP contribution < -0.4 is 5.32 Å². The molecule has 2 rings (SSSR count). The summed E-state index contributed by atoms with van der Waals surface area (Å²) in [5.41, 5.74) is -0.756. The summed E-state index contributed by atoms with van der Waals surface area (Å²) < 4.78 is 37.7. The van der Waals surface area contributed by atoms with E-state index in [1.54, 1.807) is 0 Å². The van der Waals surface area contributed by atoms with Crippen molar-refractivity contribution in [2.75, 3.05) is 18.4 Å². The number of hydrogen-bond donors (Lipinski definition) is 1. The zero-order valence-electron chi connectivity index (χ0n) is 11.2. The van der Waals surface area contributed by atoms with E-state index in [9.17, 15) is 22.8 Å². The molecule has 0 aliphatic carbocycles. The molecule has 0 spiro atoms. The van der Waals surface area contributed by atoms with Crippen LogP contribution in [0.4, 0.5) is 18.9 Å². The first-order valence-electron chi connectivity index (χ1n) is 6.61. The van der Waals surface area contributed by atoms with E-state index in [1.807, 2.05) is 0 Å². The number of nitrogens with one attached hydrogen (secondary N) is 1. The highest BCUT2D eigenvalue weighted by Crippen LogP contribution is 2.30. The first-order chi connectivity index (χ1) is 9.86. The van der Waals surface area contributed by atoms with Crippen LogP contribution in [0.25, 0.3) is 0 Å². The fourth-order valence-electron chi connectivity index (χ4n) is 2.18. The van der Waals surface area contributed by atoms with Crippen molar-refractivity contribution in [3.8, 4) is 0 Å². The van der Waals surface area contributed by atoms with Gasteiger partial charge in [-0.05, 0) is 31.0 Å². The van der Waals surface area contributed by atoms with Crippen molar-refractivity contribution in [2.45, 2.75) is 25.4 Å². The molecular weight excluding hydrogens is 285 g/mol. The molecule has 1 aromatic carbocycles. The van der Waals surface area contributed by atoms with Gasteiger partial charge >= 0.3 is 6.18 Å². The van der Waals surface area contributed by atoms with E-state index in [-0.39, 0.29) is 18.1 Å². The number of benzene rings is 1. The van der Waals surface area contributed by atoms with Crippen molar-refractivity contribution in [3.05, 3.63) is 29.8 Å². The van der Waals surface area contributed by atoms with Gasteiger partial charge in [-0.15, -0.1) is 0 Å². The van der Waals surface area contributed by atoms with Crippen molar-refractivity contribution >= 4 is 17.5 Å². The number of amides is 2. The van der Waals surface area contributed by atoms with E-state index >= 15 is 0 Å². The van der Waals surface area contributed by atoms with E-state index < -0.39 is 17.6 Å². The van der Waals surface area contributed by atoms with Gasteiger partial charge in [-0.1, -0.05) is 6.07 Å². The highest BCUT2D eigenvalue weighted by Gasteiger charge is 2.30. The summed E-state index contributed by atoms with van der Waals surface area (Å²) in [5.74, 6) is -0.593. The third-order valence-electron chi connectivity index (χ3n) is 3.23. The van der Waals surface area contributed by atoms with Crippen LogP contribution in [0.2, 0.25) is 0 Å². The number of likely N-dealkylation sites (tertiary alicyclic amines) is 1. The molecule has 0 saturated carbocycles. The quantitative estimate of drug-likeness (QED) is 0.933. The molecule has 1 fully saturated rings. The molecule has 0 unspecified atom stereocenters. The predicted octanol–water partition coefficient (Wildman–Crippen LogP) is 2.66. The molecule has 7 heteroatoms. The highest BCUT2D eigenvalue weighted by molar-refractivity contribution is 5.94. The van der Waals surface area contributed by atoms with Crippen molar-refractivity contribution in [1.29, 1.82) is 0 Å². The summed E-state index contributed by atoms with van der Waals surface area (Å²) in [4.78, 5) is 24.8. The lowest BCUT2D eigenvalue weighted by molar-refractivity contribution is -0.137. The molecule has 1 aromatic rings. The fourth-order valence-corrected chi connectivity index (χ4v) is 2.18. The molecule has 1 aliphatic heterocycles. The van der Waals surface area contributed by atoms with Crippen LogP contribution in [0, 0.1) is 0 Å². The number of nitrogens with zero attached hydrogens (tertiary/aromatic N) is 1. The maximum absolute atomic E-state index is 12.6. The average molecular weight is 300 g/mol. The van der Waals surface area contributed by atoms with Gasteiger partial charge in [-0.2, -0.15) is 13.2 Å². The standard InChI is InChI=1S/C14H15F3N2O2/c15-14(16,17)10-4-3-5-11(8-10)18-12(20)9-19-7-2-1-6-13(19)21/h3-5,8H,1-2,6-7,9H2,(H,18,20). The predicted molar refractivity (Wildman–Crippen MR) is 70.5 cm³/mol. The summed E-state index contributed by atoms with van der Waals surface area (Å²) in [5, 5.41) is 2.39. The van der Waals surface area contributed by atoms with Gasteiger partial charge in [0.25, 0.3) is 0 Å². The zero-order chi connectivity index (χ0) is 15.5. The smallest absolute Gasteiger partial charge is 0.333 e. The minimum atomic E-state index is -4.45. The molecule has 0 bridgehead atoms. The van der Waals surface area contributed by atoms with Gasteiger partial charge < -0.3 is 10.2 Å². The van der Waals surface area contributed by atoms with Gasteiger partial charge in [0.15, 0.2) is 0 Å². The molecular formula is C14H15F3N2O2. The van der Waals surface area contributed by atoms with Gasteiger partial charge in [0.1, 0.15) is 0 Å². The Balaban J connectivity index is 1.98. The summed E-state index contributed by atoms with van der Waals surface area (Å²) in [6.07, 6.45) is -2.40. The second-order valence-electron chi connectivity index (χ2n) is 4.90. The Labute approximate surface area is 119 Å². The number of halogens is 3. The van der Waals surface area contributed by atoms with Crippen molar-refractivity contribution in [2.24, 2.45) is 0 Å². The summed E-state index contributed by atoms with van der Waals surface area (Å²) in [7, 11) is 0. The molecule has 0 aromatic heterocycles. The number of alkyl halides is 3. The van der Waals surface area contributed by atoms with Gasteiger partial charge in [-0.25, -0.2) is 0 Å². The van der Waals surface area contributed by atoms with Crippen LogP contribution in [-0.4, -0.2) is 29.8 Å². The monoisotopic (exact) mass is 300 g/mol. The Morgan fingerprint density at radius 2 is 2.05 bits per heavy atom. The number of carbonyl (C=O) groups is 2. The fraction of sp³-hybridized carbons (Fsp3) is 0.429. The van der Waals surface area contributed by atoms with Gasteiger partial charge in [0.2, 0.25) is 11.8 Å². The number of carbonyl (C=O) groups excluding carboxylic acids is 2. The molecule has 0 radical (unpaired) electrons. The van der Waals surface area contributed by atoms with Crippen LogP contribution >= 0.6 is 0 Å². The van der Waals surface area contributed by atoms with Gasteiger partial charge in [-0.3, -0.25) is 9.59 Å². The second kappa shape index (κ2) is 6.15. The van der Waals surface area contributed by atoms with Crippen LogP contribution in [0.5, 0.6) is 0 Å². The van der Waals surface area contributed by atoms with Crippen LogP contribution in [0.3, 0.4) is 0 Å². The number of anilines is 1. The van der Waals surface area contributed by atoms with Crippen molar-refractivity contribution < 1.29 is 22.8 Å². The molecule has 1 saturated heterocycles. The largest absolute Gasteiger partial charge is 0.416 e. The molecule has 114 valence electrons. The lowest BCUT2D eigenvalue weighted by atomic mass is 10.1. The number of hydrogen-bond acceptors (Lipinski definition) is 2.